The van der Waals surface area contributed by atoms with Crippen molar-refractivity contribution in [3.63, 3.8) is 0 Å². The third-order valence-electron chi connectivity index (χ3n) is 4.81. The molecule has 0 aliphatic rings. The second-order valence-corrected chi connectivity index (χ2v) is 6.83. The maximum atomic E-state index is 12.4. The molecule has 28 heavy (non-hydrogen) atoms. The van der Waals surface area contributed by atoms with Crippen LogP contribution in [0.15, 0.2) is 84.9 Å². The zero-order valence-electron chi connectivity index (χ0n) is 15.7. The van der Waals surface area contributed by atoms with E-state index in [1.165, 1.54) is 5.56 Å². The number of aromatic nitrogens is 2. The molecule has 0 saturated heterocycles. The molecule has 0 atom stereocenters. The van der Waals surface area contributed by atoms with E-state index >= 15 is 0 Å². The maximum Gasteiger partial charge on any atom is 0.241 e. The van der Waals surface area contributed by atoms with Crippen LogP contribution in [0, 0.1) is 0 Å². The molecule has 1 amide bonds. The monoisotopic (exact) mass is 369 g/mol. The quantitative estimate of drug-likeness (QED) is 0.489. The lowest BCUT2D eigenvalue weighted by atomic mass is 10.1. The molecule has 0 bridgehead atoms. The van der Waals surface area contributed by atoms with Crippen molar-refractivity contribution in [3.05, 3.63) is 90.5 Å². The van der Waals surface area contributed by atoms with Crippen LogP contribution < -0.4 is 5.32 Å². The number of hydrogen-bond acceptors (Lipinski definition) is 2. The lowest BCUT2D eigenvalue weighted by Crippen LogP contribution is -2.29. The zero-order valence-corrected chi connectivity index (χ0v) is 15.7. The summed E-state index contributed by atoms with van der Waals surface area (Å²) in [6.45, 7) is 0.886. The standard InChI is InChI=1S/C24H23N3O/c28-23(25-17-9-12-19-10-3-1-4-11-19)18-27-22-16-8-7-15-21(22)24(26-27)20-13-5-2-6-14-20/h1-8,10-11,13-16H,9,12,17-18H2,(H,25,28). The van der Waals surface area contributed by atoms with Crippen LogP contribution in [0.3, 0.4) is 0 Å². The smallest absolute Gasteiger partial charge is 0.241 e. The fourth-order valence-electron chi connectivity index (χ4n) is 3.41. The molecule has 0 spiro atoms. The summed E-state index contributed by atoms with van der Waals surface area (Å²) < 4.78 is 1.80. The van der Waals surface area contributed by atoms with Gasteiger partial charge in [0.25, 0.3) is 0 Å². The van der Waals surface area contributed by atoms with E-state index in [9.17, 15) is 4.79 Å². The molecule has 0 unspecified atom stereocenters. The molecule has 3 aromatic carbocycles. The summed E-state index contributed by atoms with van der Waals surface area (Å²) >= 11 is 0. The van der Waals surface area contributed by atoms with E-state index < -0.39 is 0 Å². The minimum Gasteiger partial charge on any atom is -0.354 e. The highest BCUT2D eigenvalue weighted by Gasteiger charge is 2.13. The summed E-state index contributed by atoms with van der Waals surface area (Å²) in [5.41, 5.74) is 4.23. The Hall–Kier alpha value is -3.40. The molecule has 0 saturated carbocycles. The van der Waals surface area contributed by atoms with E-state index in [1.807, 2.05) is 66.7 Å². The normalized spacial score (nSPS) is 10.9. The number of nitrogens with one attached hydrogen (secondary N) is 1. The van der Waals surface area contributed by atoms with Crippen LogP contribution in [-0.2, 0) is 17.8 Å². The van der Waals surface area contributed by atoms with E-state index in [4.69, 9.17) is 5.10 Å². The third-order valence-corrected chi connectivity index (χ3v) is 4.81. The van der Waals surface area contributed by atoms with Crippen LogP contribution in [0.25, 0.3) is 22.2 Å². The molecule has 1 aromatic heterocycles. The molecule has 4 heteroatoms. The van der Waals surface area contributed by atoms with Crippen molar-refractivity contribution < 1.29 is 4.79 Å². The van der Waals surface area contributed by atoms with Crippen molar-refractivity contribution in [2.45, 2.75) is 19.4 Å². The van der Waals surface area contributed by atoms with Gasteiger partial charge in [0.05, 0.1) is 5.52 Å². The van der Waals surface area contributed by atoms with Crippen LogP contribution in [-0.4, -0.2) is 22.2 Å². The topological polar surface area (TPSA) is 46.9 Å². The number of carbonyl (C=O) groups is 1. The van der Waals surface area contributed by atoms with Crippen molar-refractivity contribution in [2.75, 3.05) is 6.54 Å². The molecule has 0 aliphatic carbocycles. The SMILES string of the molecule is O=C(Cn1nc(-c2ccccc2)c2ccccc21)NCCCc1ccccc1. The summed E-state index contributed by atoms with van der Waals surface area (Å²) in [6.07, 6.45) is 1.88. The third kappa shape index (κ3) is 4.12. The highest BCUT2D eigenvalue weighted by molar-refractivity contribution is 5.94. The van der Waals surface area contributed by atoms with Gasteiger partial charge in [-0.15, -0.1) is 0 Å². The van der Waals surface area contributed by atoms with Gasteiger partial charge in [-0.1, -0.05) is 78.9 Å². The lowest BCUT2D eigenvalue weighted by molar-refractivity contribution is -0.121. The van der Waals surface area contributed by atoms with E-state index in [0.717, 1.165) is 35.0 Å². The van der Waals surface area contributed by atoms with Crippen molar-refractivity contribution in [1.29, 1.82) is 0 Å². The fraction of sp³-hybridized carbons (Fsp3) is 0.167. The highest BCUT2D eigenvalue weighted by Crippen LogP contribution is 2.27. The van der Waals surface area contributed by atoms with Gasteiger partial charge >= 0.3 is 0 Å². The average molecular weight is 369 g/mol. The molecule has 4 rings (SSSR count). The fourth-order valence-corrected chi connectivity index (χ4v) is 3.41. The second kappa shape index (κ2) is 8.53. The molecule has 140 valence electrons. The Bertz CT molecular complexity index is 1060. The largest absolute Gasteiger partial charge is 0.354 e. The second-order valence-electron chi connectivity index (χ2n) is 6.83. The minimum atomic E-state index is -0.0130. The maximum absolute atomic E-state index is 12.4. The molecule has 1 heterocycles. The predicted molar refractivity (Wildman–Crippen MR) is 113 cm³/mol. The molecule has 4 nitrogen and oxygen atoms in total. The Balaban J connectivity index is 1.42. The highest BCUT2D eigenvalue weighted by atomic mass is 16.2. The molecule has 4 aromatic rings. The first-order valence-corrected chi connectivity index (χ1v) is 9.63. The Labute approximate surface area is 164 Å². The molecule has 1 N–H and O–H groups in total. The molecular formula is C24H23N3O. The van der Waals surface area contributed by atoms with Gasteiger partial charge < -0.3 is 5.32 Å². The summed E-state index contributed by atoms with van der Waals surface area (Å²) in [7, 11) is 0. The van der Waals surface area contributed by atoms with Gasteiger partial charge in [-0.2, -0.15) is 5.10 Å². The van der Waals surface area contributed by atoms with E-state index in [-0.39, 0.29) is 12.5 Å². The molecule has 0 radical (unpaired) electrons. The van der Waals surface area contributed by atoms with E-state index in [1.54, 1.807) is 4.68 Å². The van der Waals surface area contributed by atoms with Crippen LogP contribution in [0.4, 0.5) is 0 Å². The Morgan fingerprint density at radius 1 is 0.857 bits per heavy atom. The first kappa shape index (κ1) is 18.0. The van der Waals surface area contributed by atoms with Crippen molar-refractivity contribution >= 4 is 16.8 Å². The van der Waals surface area contributed by atoms with E-state index in [2.05, 4.69) is 23.5 Å². The van der Waals surface area contributed by atoms with Crippen molar-refractivity contribution in [2.24, 2.45) is 0 Å². The van der Waals surface area contributed by atoms with Crippen LogP contribution >= 0.6 is 0 Å². The summed E-state index contributed by atoms with van der Waals surface area (Å²) in [5, 5.41) is 8.81. The van der Waals surface area contributed by atoms with Crippen LogP contribution in [0.5, 0.6) is 0 Å². The number of hydrogen-bond donors (Lipinski definition) is 1. The summed E-state index contributed by atoms with van der Waals surface area (Å²) in [5.74, 6) is -0.0130. The van der Waals surface area contributed by atoms with Gasteiger partial charge in [0.15, 0.2) is 0 Å². The predicted octanol–water partition coefficient (Wildman–Crippen LogP) is 4.45. The number of aryl methyl sites for hydroxylation is 1. The Morgan fingerprint density at radius 3 is 2.32 bits per heavy atom. The Morgan fingerprint density at radius 2 is 1.54 bits per heavy atom. The molecule has 0 aliphatic heterocycles. The first-order chi connectivity index (χ1) is 13.8. The van der Waals surface area contributed by atoms with Gasteiger partial charge in [0.2, 0.25) is 5.91 Å². The number of benzene rings is 3. The number of fused-ring (bicyclic) bond motifs is 1. The van der Waals surface area contributed by atoms with Gasteiger partial charge in [-0.3, -0.25) is 9.48 Å². The van der Waals surface area contributed by atoms with Gasteiger partial charge in [0, 0.05) is 17.5 Å². The van der Waals surface area contributed by atoms with Crippen molar-refractivity contribution in [3.8, 4) is 11.3 Å². The lowest BCUT2D eigenvalue weighted by Gasteiger charge is -2.06. The average Bonchev–Trinajstić information content (AvgIpc) is 3.11. The summed E-state index contributed by atoms with van der Waals surface area (Å²) in [6, 6.07) is 28.5. The number of carbonyl (C=O) groups excluding carboxylic acids is 1. The van der Waals surface area contributed by atoms with Gasteiger partial charge in [0.1, 0.15) is 12.2 Å². The number of nitrogens with zero attached hydrogens (tertiary/aromatic N) is 2. The van der Waals surface area contributed by atoms with Crippen LogP contribution in [0.2, 0.25) is 0 Å². The molecule has 0 fully saturated rings. The number of amides is 1. The van der Waals surface area contributed by atoms with Crippen LogP contribution in [0.1, 0.15) is 12.0 Å². The number of rotatable bonds is 7. The first-order valence-electron chi connectivity index (χ1n) is 9.63. The van der Waals surface area contributed by atoms with Gasteiger partial charge in [-0.25, -0.2) is 0 Å². The minimum absolute atomic E-state index is 0.0130. The number of para-hydroxylation sites is 1. The summed E-state index contributed by atoms with van der Waals surface area (Å²) in [4.78, 5) is 12.4. The van der Waals surface area contributed by atoms with Crippen molar-refractivity contribution in [1.82, 2.24) is 15.1 Å². The Kier molecular flexibility index (Phi) is 5.48. The van der Waals surface area contributed by atoms with Gasteiger partial charge in [-0.05, 0) is 24.5 Å². The molecular weight excluding hydrogens is 346 g/mol. The van der Waals surface area contributed by atoms with E-state index in [0.29, 0.717) is 6.54 Å². The zero-order chi connectivity index (χ0) is 19.2.